The molecule has 0 bridgehead atoms. The van der Waals surface area contributed by atoms with Gasteiger partial charge >= 0.3 is 0 Å². The Balaban J connectivity index is 1.78. The number of hydrogen-bond acceptors (Lipinski definition) is 4. The van der Waals surface area contributed by atoms with Crippen LogP contribution < -0.4 is 15.2 Å². The van der Waals surface area contributed by atoms with Crippen LogP contribution in [0.3, 0.4) is 0 Å². The number of fused-ring (bicyclic) bond motifs is 1. The van der Waals surface area contributed by atoms with Gasteiger partial charge in [-0.15, -0.1) is 0 Å². The fourth-order valence-corrected chi connectivity index (χ4v) is 3.99. The van der Waals surface area contributed by atoms with Crippen LogP contribution in [0.1, 0.15) is 21.5 Å². The van der Waals surface area contributed by atoms with Gasteiger partial charge in [0, 0.05) is 13.0 Å². The highest BCUT2D eigenvalue weighted by atomic mass is 16.5. The molecule has 6 nitrogen and oxygen atoms in total. The quantitative estimate of drug-likeness (QED) is 0.691. The van der Waals surface area contributed by atoms with E-state index in [9.17, 15) is 9.59 Å². The summed E-state index contributed by atoms with van der Waals surface area (Å²) in [4.78, 5) is 27.6. The average Bonchev–Trinajstić information content (AvgIpc) is 2.82. The van der Waals surface area contributed by atoms with E-state index in [1.54, 1.807) is 25.2 Å². The molecule has 0 saturated carbocycles. The van der Waals surface area contributed by atoms with Crippen LogP contribution in [0.25, 0.3) is 11.1 Å². The third kappa shape index (κ3) is 3.97. The predicted octanol–water partition coefficient (Wildman–Crippen LogP) is 3.42. The van der Waals surface area contributed by atoms with E-state index < -0.39 is 11.9 Å². The van der Waals surface area contributed by atoms with Crippen molar-refractivity contribution >= 4 is 11.8 Å². The van der Waals surface area contributed by atoms with Crippen molar-refractivity contribution in [3.05, 3.63) is 83.4 Å². The molecule has 0 aliphatic carbocycles. The Morgan fingerprint density at radius 2 is 1.55 bits per heavy atom. The highest BCUT2D eigenvalue weighted by Gasteiger charge is 2.34. The highest BCUT2D eigenvalue weighted by Crippen LogP contribution is 2.32. The van der Waals surface area contributed by atoms with Crippen molar-refractivity contribution in [3.63, 3.8) is 0 Å². The Morgan fingerprint density at radius 3 is 2.19 bits per heavy atom. The minimum absolute atomic E-state index is 0.261. The van der Waals surface area contributed by atoms with Crippen molar-refractivity contribution in [1.29, 1.82) is 0 Å². The van der Waals surface area contributed by atoms with Crippen molar-refractivity contribution in [2.24, 2.45) is 5.73 Å². The minimum Gasteiger partial charge on any atom is -0.497 e. The van der Waals surface area contributed by atoms with E-state index in [2.05, 4.69) is 0 Å². The molecule has 0 radical (unpaired) electrons. The number of carbonyl (C=O) groups excluding carboxylic acids is 2. The molecule has 0 unspecified atom stereocenters. The van der Waals surface area contributed by atoms with Crippen molar-refractivity contribution in [2.75, 3.05) is 14.2 Å². The molecule has 1 atom stereocenters. The van der Waals surface area contributed by atoms with Gasteiger partial charge in [0.2, 0.25) is 5.91 Å². The lowest BCUT2D eigenvalue weighted by atomic mass is 9.91. The first-order chi connectivity index (χ1) is 15.0. The van der Waals surface area contributed by atoms with Crippen LogP contribution >= 0.6 is 0 Å². The van der Waals surface area contributed by atoms with Crippen molar-refractivity contribution in [2.45, 2.75) is 19.0 Å². The van der Waals surface area contributed by atoms with Crippen LogP contribution in [0.15, 0.2) is 66.7 Å². The van der Waals surface area contributed by atoms with Crippen molar-refractivity contribution in [1.82, 2.24) is 4.90 Å². The van der Waals surface area contributed by atoms with E-state index in [0.29, 0.717) is 24.3 Å². The molecule has 0 spiro atoms. The van der Waals surface area contributed by atoms with Crippen LogP contribution in [0.5, 0.6) is 11.5 Å². The zero-order valence-electron chi connectivity index (χ0n) is 17.5. The number of rotatable bonds is 5. The largest absolute Gasteiger partial charge is 0.497 e. The van der Waals surface area contributed by atoms with E-state index in [4.69, 9.17) is 15.2 Å². The van der Waals surface area contributed by atoms with Crippen LogP contribution in [0, 0.1) is 0 Å². The molecular weight excluding hydrogens is 392 g/mol. The Morgan fingerprint density at radius 1 is 0.903 bits per heavy atom. The molecule has 0 fully saturated rings. The van der Waals surface area contributed by atoms with Crippen LogP contribution in [0.4, 0.5) is 0 Å². The molecule has 1 aliphatic rings. The van der Waals surface area contributed by atoms with Crippen LogP contribution in [-0.4, -0.2) is 37.0 Å². The van der Waals surface area contributed by atoms with E-state index in [-0.39, 0.29) is 5.91 Å². The smallest absolute Gasteiger partial charge is 0.255 e. The third-order valence-corrected chi connectivity index (χ3v) is 5.70. The predicted molar refractivity (Wildman–Crippen MR) is 118 cm³/mol. The number of carbonyl (C=O) groups is 2. The SMILES string of the molecule is COc1ccc(-c2ccc(OC)cc2C(=O)N2Cc3ccccc3C[C@@H]2C(N)=O)cc1. The number of nitrogens with zero attached hydrogens (tertiary/aromatic N) is 1. The van der Waals surface area contributed by atoms with Gasteiger partial charge in [-0.05, 0) is 52.6 Å². The van der Waals surface area contributed by atoms with Gasteiger partial charge in [0.25, 0.3) is 5.91 Å². The Hall–Kier alpha value is -3.80. The monoisotopic (exact) mass is 416 g/mol. The number of nitrogens with two attached hydrogens (primary N) is 1. The maximum Gasteiger partial charge on any atom is 0.255 e. The summed E-state index contributed by atoms with van der Waals surface area (Å²) in [5.41, 5.74) is 9.81. The van der Waals surface area contributed by atoms with Gasteiger partial charge in [0.05, 0.1) is 19.8 Å². The molecule has 4 rings (SSSR count). The second-order valence-electron chi connectivity index (χ2n) is 7.46. The van der Waals surface area contributed by atoms with Crippen molar-refractivity contribution in [3.8, 4) is 22.6 Å². The lowest BCUT2D eigenvalue weighted by molar-refractivity contribution is -0.122. The first-order valence-electron chi connectivity index (χ1n) is 10.0. The van der Waals surface area contributed by atoms with Gasteiger partial charge in [-0.25, -0.2) is 0 Å². The molecule has 0 aromatic heterocycles. The van der Waals surface area contributed by atoms with Crippen molar-refractivity contribution < 1.29 is 19.1 Å². The van der Waals surface area contributed by atoms with E-state index in [0.717, 1.165) is 28.0 Å². The molecule has 158 valence electrons. The Bertz CT molecular complexity index is 1120. The van der Waals surface area contributed by atoms with Crippen LogP contribution in [0.2, 0.25) is 0 Å². The summed E-state index contributed by atoms with van der Waals surface area (Å²) in [5.74, 6) is 0.514. The summed E-state index contributed by atoms with van der Waals surface area (Å²) in [6, 6.07) is 20.0. The standard InChI is InChI=1S/C25H24N2O4/c1-30-19-9-7-16(8-10-19)21-12-11-20(31-2)14-22(21)25(29)27-15-18-6-4-3-5-17(18)13-23(27)24(26)28/h3-12,14,23H,13,15H2,1-2H3,(H2,26,28)/t23-/m1/s1. The van der Waals surface area contributed by atoms with Crippen LogP contribution in [-0.2, 0) is 17.8 Å². The van der Waals surface area contributed by atoms with E-state index >= 15 is 0 Å². The first kappa shape index (κ1) is 20.5. The van der Waals surface area contributed by atoms with Gasteiger partial charge in [-0.2, -0.15) is 0 Å². The molecule has 31 heavy (non-hydrogen) atoms. The minimum atomic E-state index is -0.711. The molecule has 6 heteroatoms. The second-order valence-corrected chi connectivity index (χ2v) is 7.46. The average molecular weight is 416 g/mol. The van der Waals surface area contributed by atoms with Gasteiger partial charge in [-0.1, -0.05) is 36.4 Å². The lowest BCUT2D eigenvalue weighted by Crippen LogP contribution is -2.51. The zero-order valence-corrected chi connectivity index (χ0v) is 17.5. The normalized spacial score (nSPS) is 15.2. The summed E-state index contributed by atoms with van der Waals surface area (Å²) in [7, 11) is 3.16. The molecule has 3 aromatic rings. The molecule has 3 aromatic carbocycles. The molecule has 1 heterocycles. The summed E-state index contributed by atoms with van der Waals surface area (Å²) in [6.07, 6.45) is 0.402. The molecule has 1 aliphatic heterocycles. The summed E-state index contributed by atoms with van der Waals surface area (Å²) >= 11 is 0. The van der Waals surface area contributed by atoms with Gasteiger partial charge in [0.15, 0.2) is 0 Å². The number of methoxy groups -OCH3 is 2. The molecule has 0 saturated heterocycles. The summed E-state index contributed by atoms with van der Waals surface area (Å²) in [5, 5.41) is 0. The first-order valence-corrected chi connectivity index (χ1v) is 10.0. The summed E-state index contributed by atoms with van der Waals surface area (Å²) < 4.78 is 10.6. The lowest BCUT2D eigenvalue weighted by Gasteiger charge is -2.35. The second kappa shape index (κ2) is 8.52. The topological polar surface area (TPSA) is 81.9 Å². The number of ether oxygens (including phenoxy) is 2. The Kier molecular flexibility index (Phi) is 5.62. The number of hydrogen-bond donors (Lipinski definition) is 1. The molecular formula is C25H24N2O4. The molecule has 2 N–H and O–H groups in total. The Labute approximate surface area is 181 Å². The van der Waals surface area contributed by atoms with E-state index in [1.165, 1.54) is 0 Å². The number of amides is 2. The van der Waals surface area contributed by atoms with Gasteiger partial charge < -0.3 is 20.1 Å². The third-order valence-electron chi connectivity index (χ3n) is 5.70. The fourth-order valence-electron chi connectivity index (χ4n) is 3.99. The fraction of sp³-hybridized carbons (Fsp3) is 0.200. The van der Waals surface area contributed by atoms with E-state index in [1.807, 2.05) is 60.7 Å². The van der Waals surface area contributed by atoms with Gasteiger partial charge in [-0.3, -0.25) is 9.59 Å². The highest BCUT2D eigenvalue weighted by molar-refractivity contribution is 6.03. The maximum atomic E-state index is 13.7. The number of primary amides is 1. The number of benzene rings is 3. The zero-order chi connectivity index (χ0) is 22.0. The summed E-state index contributed by atoms with van der Waals surface area (Å²) in [6.45, 7) is 0.321. The van der Waals surface area contributed by atoms with Gasteiger partial charge in [0.1, 0.15) is 17.5 Å². The maximum absolute atomic E-state index is 13.7. The molecule has 2 amide bonds.